The van der Waals surface area contributed by atoms with E-state index < -0.39 is 17.9 Å². The van der Waals surface area contributed by atoms with Crippen molar-refractivity contribution in [1.29, 1.82) is 0 Å². The number of methoxy groups -OCH3 is 1. The molecule has 1 aromatic heterocycles. The largest absolute Gasteiger partial charge is 0.493 e. The highest BCUT2D eigenvalue weighted by Crippen LogP contribution is 2.32. The molecule has 0 spiro atoms. The molecule has 1 atom stereocenters. The van der Waals surface area contributed by atoms with E-state index >= 15 is 0 Å². The molecule has 21 heavy (non-hydrogen) atoms. The Hall–Kier alpha value is -2.63. The van der Waals surface area contributed by atoms with Crippen molar-refractivity contribution in [2.75, 3.05) is 7.11 Å². The number of hydrogen-bond donors (Lipinski definition) is 1. The van der Waals surface area contributed by atoms with Crippen LogP contribution in [0.4, 0.5) is 4.39 Å². The molecule has 1 heterocycles. The molecule has 2 rings (SSSR count). The minimum atomic E-state index is -1.27. The summed E-state index contributed by atoms with van der Waals surface area (Å²) in [7, 11) is 1.21. The summed E-state index contributed by atoms with van der Waals surface area (Å²) in [6.45, 7) is 1.72. The Labute approximate surface area is 121 Å². The lowest BCUT2D eigenvalue weighted by atomic mass is 10.1. The van der Waals surface area contributed by atoms with Crippen LogP contribution in [0.25, 0.3) is 0 Å². The molecule has 0 aliphatic carbocycles. The first-order valence-corrected chi connectivity index (χ1v) is 6.22. The van der Waals surface area contributed by atoms with Gasteiger partial charge >= 0.3 is 5.97 Å². The van der Waals surface area contributed by atoms with E-state index in [2.05, 4.69) is 4.98 Å². The number of hydrogen-bond acceptors (Lipinski definition) is 4. The van der Waals surface area contributed by atoms with Crippen LogP contribution in [-0.4, -0.2) is 23.2 Å². The van der Waals surface area contributed by atoms with Crippen LogP contribution in [0.5, 0.6) is 11.5 Å². The van der Waals surface area contributed by atoms with Crippen LogP contribution >= 0.6 is 0 Å². The summed E-state index contributed by atoms with van der Waals surface area (Å²) in [4.78, 5) is 15.1. The lowest BCUT2D eigenvalue weighted by Crippen LogP contribution is -2.08. The van der Waals surface area contributed by atoms with Crippen molar-refractivity contribution in [3.05, 3.63) is 53.6 Å². The van der Waals surface area contributed by atoms with Gasteiger partial charge in [-0.15, -0.1) is 0 Å². The minimum absolute atomic E-state index is 0.0880. The molecule has 0 aliphatic rings. The second kappa shape index (κ2) is 6.21. The minimum Gasteiger partial charge on any atom is -0.493 e. The van der Waals surface area contributed by atoms with E-state index in [-0.39, 0.29) is 17.1 Å². The normalized spacial score (nSPS) is 11.8. The number of aromatic carboxylic acids is 1. The van der Waals surface area contributed by atoms with Crippen molar-refractivity contribution in [1.82, 2.24) is 4.98 Å². The number of carboxylic acid groups (broad SMARTS) is 1. The van der Waals surface area contributed by atoms with E-state index in [4.69, 9.17) is 14.6 Å². The fraction of sp³-hybridized carbons (Fsp3) is 0.200. The van der Waals surface area contributed by atoms with Crippen LogP contribution < -0.4 is 9.47 Å². The quantitative estimate of drug-likeness (QED) is 0.916. The van der Waals surface area contributed by atoms with Gasteiger partial charge in [0.05, 0.1) is 12.8 Å². The molecule has 5 nitrogen and oxygen atoms in total. The number of pyridine rings is 1. The summed E-state index contributed by atoms with van der Waals surface area (Å²) in [5.74, 6) is -2.56. The lowest BCUT2D eigenvalue weighted by Gasteiger charge is -2.16. The second-order valence-electron chi connectivity index (χ2n) is 4.28. The highest BCUT2D eigenvalue weighted by Gasteiger charge is 2.21. The van der Waals surface area contributed by atoms with Crippen molar-refractivity contribution in [2.24, 2.45) is 0 Å². The molecule has 110 valence electrons. The predicted octanol–water partition coefficient (Wildman–Crippen LogP) is 3.07. The highest BCUT2D eigenvalue weighted by molar-refractivity contribution is 5.91. The summed E-state index contributed by atoms with van der Waals surface area (Å²) < 4.78 is 24.5. The zero-order valence-electron chi connectivity index (χ0n) is 11.5. The smallest absolute Gasteiger partial charge is 0.339 e. The summed E-state index contributed by atoms with van der Waals surface area (Å²) in [6.07, 6.45) is 1.13. The molecular formula is C15H14FNO4. The van der Waals surface area contributed by atoms with Crippen molar-refractivity contribution in [2.45, 2.75) is 13.0 Å². The molecule has 0 aliphatic heterocycles. The third-order valence-corrected chi connectivity index (χ3v) is 2.90. The molecule has 0 saturated heterocycles. The average Bonchev–Trinajstić information content (AvgIpc) is 2.49. The van der Waals surface area contributed by atoms with Gasteiger partial charge in [0.2, 0.25) is 5.82 Å². The Balaban J connectivity index is 2.31. The van der Waals surface area contributed by atoms with E-state index in [0.29, 0.717) is 5.69 Å². The van der Waals surface area contributed by atoms with Crippen LogP contribution in [0.1, 0.15) is 29.1 Å². The molecule has 0 bridgehead atoms. The Bertz CT molecular complexity index is 646. The van der Waals surface area contributed by atoms with Gasteiger partial charge in [-0.2, -0.15) is 4.39 Å². The lowest BCUT2D eigenvalue weighted by molar-refractivity contribution is 0.0692. The molecule has 6 heteroatoms. The van der Waals surface area contributed by atoms with E-state index in [1.54, 1.807) is 31.3 Å². The second-order valence-corrected chi connectivity index (χ2v) is 4.28. The maximum absolute atomic E-state index is 14.2. The number of halogens is 1. The summed E-state index contributed by atoms with van der Waals surface area (Å²) in [6, 6.07) is 7.82. The maximum Gasteiger partial charge on any atom is 0.339 e. The van der Waals surface area contributed by atoms with E-state index in [9.17, 15) is 9.18 Å². The van der Waals surface area contributed by atoms with Gasteiger partial charge in [-0.1, -0.05) is 6.07 Å². The molecule has 0 amide bonds. The number of ether oxygens (including phenoxy) is 2. The van der Waals surface area contributed by atoms with Gasteiger partial charge < -0.3 is 14.6 Å². The van der Waals surface area contributed by atoms with Crippen LogP contribution in [0, 0.1) is 5.82 Å². The molecular weight excluding hydrogens is 277 g/mol. The molecule has 1 N–H and O–H groups in total. The fourth-order valence-electron chi connectivity index (χ4n) is 1.86. The SMILES string of the molecule is COc1c(C(=O)O)ccc(O[C@@H](C)c2ccccn2)c1F. The van der Waals surface area contributed by atoms with Crippen LogP contribution in [0.15, 0.2) is 36.5 Å². The van der Waals surface area contributed by atoms with Gasteiger partial charge in [0, 0.05) is 6.20 Å². The number of benzene rings is 1. The number of carbonyl (C=O) groups is 1. The summed E-state index contributed by atoms with van der Waals surface area (Å²) in [5.41, 5.74) is 0.381. The number of rotatable bonds is 5. The third-order valence-electron chi connectivity index (χ3n) is 2.90. The number of nitrogens with zero attached hydrogens (tertiary/aromatic N) is 1. The van der Waals surface area contributed by atoms with Gasteiger partial charge in [-0.3, -0.25) is 4.98 Å². The highest BCUT2D eigenvalue weighted by atomic mass is 19.1. The molecule has 0 saturated carbocycles. The van der Waals surface area contributed by atoms with Gasteiger partial charge in [-0.05, 0) is 31.2 Å². The summed E-state index contributed by atoms with van der Waals surface area (Å²) >= 11 is 0. The molecule has 2 aromatic rings. The standard InChI is InChI=1S/C15H14FNO4/c1-9(11-5-3-4-8-17-11)21-12-7-6-10(15(18)19)14(20-2)13(12)16/h3-9H,1-2H3,(H,18,19)/t9-/m0/s1. The van der Waals surface area contributed by atoms with Crippen LogP contribution in [-0.2, 0) is 0 Å². The Morgan fingerprint density at radius 1 is 1.33 bits per heavy atom. The van der Waals surface area contributed by atoms with Crippen molar-refractivity contribution >= 4 is 5.97 Å². The predicted molar refractivity (Wildman–Crippen MR) is 73.2 cm³/mol. The first kappa shape index (κ1) is 14.8. The maximum atomic E-state index is 14.2. The van der Waals surface area contributed by atoms with E-state index in [1.807, 2.05) is 0 Å². The van der Waals surface area contributed by atoms with Gasteiger partial charge in [-0.25, -0.2) is 4.79 Å². The topological polar surface area (TPSA) is 68.7 Å². The average molecular weight is 291 g/mol. The van der Waals surface area contributed by atoms with Crippen molar-refractivity contribution < 1.29 is 23.8 Å². The first-order chi connectivity index (χ1) is 10.0. The third kappa shape index (κ3) is 3.10. The van der Waals surface area contributed by atoms with Crippen molar-refractivity contribution in [3.8, 4) is 11.5 Å². The van der Waals surface area contributed by atoms with Gasteiger partial charge in [0.1, 0.15) is 11.7 Å². The first-order valence-electron chi connectivity index (χ1n) is 6.22. The van der Waals surface area contributed by atoms with Gasteiger partial charge in [0.25, 0.3) is 0 Å². The Morgan fingerprint density at radius 2 is 2.10 bits per heavy atom. The molecule has 1 aromatic carbocycles. The van der Waals surface area contributed by atoms with Crippen LogP contribution in [0.2, 0.25) is 0 Å². The zero-order chi connectivity index (χ0) is 15.4. The number of aromatic nitrogens is 1. The molecule has 0 unspecified atom stereocenters. The van der Waals surface area contributed by atoms with E-state index in [0.717, 1.165) is 0 Å². The molecule has 0 fully saturated rings. The van der Waals surface area contributed by atoms with Crippen molar-refractivity contribution in [3.63, 3.8) is 0 Å². The Kier molecular flexibility index (Phi) is 4.37. The number of carboxylic acids is 1. The van der Waals surface area contributed by atoms with Gasteiger partial charge in [0.15, 0.2) is 11.5 Å². The van der Waals surface area contributed by atoms with Crippen LogP contribution in [0.3, 0.4) is 0 Å². The fourth-order valence-corrected chi connectivity index (χ4v) is 1.86. The zero-order valence-corrected chi connectivity index (χ0v) is 11.5. The van der Waals surface area contributed by atoms with E-state index in [1.165, 1.54) is 19.2 Å². The Morgan fingerprint density at radius 3 is 2.67 bits per heavy atom. The monoisotopic (exact) mass is 291 g/mol. The summed E-state index contributed by atoms with van der Waals surface area (Å²) in [5, 5.41) is 8.97. The molecule has 0 radical (unpaired) electrons.